The second kappa shape index (κ2) is 7.70. The molecule has 0 saturated carbocycles. The van der Waals surface area contributed by atoms with E-state index < -0.39 is 5.41 Å². The van der Waals surface area contributed by atoms with Crippen molar-refractivity contribution in [1.29, 1.82) is 0 Å². The van der Waals surface area contributed by atoms with Crippen LogP contribution in [-0.4, -0.2) is 31.3 Å². The number of rotatable bonds is 4. The summed E-state index contributed by atoms with van der Waals surface area (Å²) in [7, 11) is 1.57. The normalized spacial score (nSPS) is 10.3. The minimum atomic E-state index is -0.622. The molecule has 2 amide bonds. The van der Waals surface area contributed by atoms with Gasteiger partial charge in [-0.3, -0.25) is 9.59 Å². The van der Waals surface area contributed by atoms with Gasteiger partial charge in [0.25, 0.3) is 5.91 Å². The largest absolute Gasteiger partial charge is 0.355 e. The standard InChI is InChI=1S/C16H19ClN2O2/c1-16(2,11-17)15(21)19-10-6-8-12-7-4-5-9-13(12)14(20)18-3/h4-5,7,9H,10-11H2,1-3H3,(H,18,20)(H,19,21). The Morgan fingerprint density at radius 1 is 1.29 bits per heavy atom. The number of benzene rings is 1. The van der Waals surface area contributed by atoms with Crippen LogP contribution < -0.4 is 10.6 Å². The topological polar surface area (TPSA) is 58.2 Å². The summed E-state index contributed by atoms with van der Waals surface area (Å²) >= 11 is 5.73. The van der Waals surface area contributed by atoms with E-state index in [0.717, 1.165) is 0 Å². The molecule has 0 fully saturated rings. The monoisotopic (exact) mass is 306 g/mol. The zero-order chi connectivity index (χ0) is 15.9. The molecule has 0 aliphatic heterocycles. The van der Waals surface area contributed by atoms with Crippen LogP contribution in [0.4, 0.5) is 0 Å². The summed E-state index contributed by atoms with van der Waals surface area (Å²) in [6, 6.07) is 7.06. The molecule has 0 aliphatic rings. The van der Waals surface area contributed by atoms with Crippen LogP contribution in [0.3, 0.4) is 0 Å². The van der Waals surface area contributed by atoms with Gasteiger partial charge < -0.3 is 10.6 Å². The second-order valence-corrected chi connectivity index (χ2v) is 5.39. The van der Waals surface area contributed by atoms with Crippen LogP contribution in [0.1, 0.15) is 29.8 Å². The number of alkyl halides is 1. The Balaban J connectivity index is 2.73. The van der Waals surface area contributed by atoms with Crippen molar-refractivity contribution in [2.45, 2.75) is 13.8 Å². The summed E-state index contributed by atoms with van der Waals surface area (Å²) in [5.41, 5.74) is 0.520. The van der Waals surface area contributed by atoms with Gasteiger partial charge in [0, 0.05) is 18.5 Å². The van der Waals surface area contributed by atoms with Crippen LogP contribution in [0.25, 0.3) is 0 Å². The molecule has 0 aliphatic carbocycles. The van der Waals surface area contributed by atoms with Gasteiger partial charge in [0.15, 0.2) is 0 Å². The summed E-state index contributed by atoms with van der Waals surface area (Å²) in [5.74, 6) is 5.65. The molecule has 2 N–H and O–H groups in total. The number of hydrogen-bond acceptors (Lipinski definition) is 2. The summed E-state index contributed by atoms with van der Waals surface area (Å²) < 4.78 is 0. The average molecular weight is 307 g/mol. The van der Waals surface area contributed by atoms with Gasteiger partial charge in [-0.25, -0.2) is 0 Å². The Hall–Kier alpha value is -1.99. The van der Waals surface area contributed by atoms with E-state index in [0.29, 0.717) is 11.1 Å². The van der Waals surface area contributed by atoms with Crippen molar-refractivity contribution in [3.05, 3.63) is 35.4 Å². The number of amides is 2. The quantitative estimate of drug-likeness (QED) is 0.658. The van der Waals surface area contributed by atoms with Gasteiger partial charge in [-0.15, -0.1) is 11.6 Å². The molecule has 0 radical (unpaired) electrons. The van der Waals surface area contributed by atoms with E-state index in [-0.39, 0.29) is 24.2 Å². The third-order valence-corrected chi connectivity index (χ3v) is 3.58. The summed E-state index contributed by atoms with van der Waals surface area (Å²) in [4.78, 5) is 23.5. The van der Waals surface area contributed by atoms with Gasteiger partial charge in [0.05, 0.1) is 17.5 Å². The van der Waals surface area contributed by atoms with Crippen molar-refractivity contribution in [3.63, 3.8) is 0 Å². The van der Waals surface area contributed by atoms with E-state index in [9.17, 15) is 9.59 Å². The van der Waals surface area contributed by atoms with Crippen LogP contribution in [0.15, 0.2) is 24.3 Å². The summed E-state index contributed by atoms with van der Waals surface area (Å²) in [6.07, 6.45) is 0. The van der Waals surface area contributed by atoms with Crippen LogP contribution in [0.5, 0.6) is 0 Å². The Morgan fingerprint density at radius 2 is 1.95 bits per heavy atom. The molecule has 1 aromatic carbocycles. The zero-order valence-electron chi connectivity index (χ0n) is 12.4. The van der Waals surface area contributed by atoms with Crippen molar-refractivity contribution >= 4 is 23.4 Å². The highest BCUT2D eigenvalue weighted by atomic mass is 35.5. The SMILES string of the molecule is CNC(=O)c1ccccc1C#CCNC(=O)C(C)(C)CCl. The highest BCUT2D eigenvalue weighted by Gasteiger charge is 2.25. The lowest BCUT2D eigenvalue weighted by molar-refractivity contribution is -0.128. The summed E-state index contributed by atoms with van der Waals surface area (Å²) in [5, 5.41) is 5.28. The average Bonchev–Trinajstić information content (AvgIpc) is 2.50. The third kappa shape index (κ3) is 4.80. The Kier molecular flexibility index (Phi) is 6.26. The lowest BCUT2D eigenvalue weighted by Gasteiger charge is -2.19. The number of carbonyl (C=O) groups is 2. The maximum absolute atomic E-state index is 11.8. The van der Waals surface area contributed by atoms with Gasteiger partial charge in [0.2, 0.25) is 5.91 Å². The number of hydrogen-bond donors (Lipinski definition) is 2. The van der Waals surface area contributed by atoms with E-state index in [4.69, 9.17) is 11.6 Å². The fourth-order valence-corrected chi connectivity index (χ4v) is 1.61. The molecule has 5 heteroatoms. The first-order valence-electron chi connectivity index (χ1n) is 6.56. The molecule has 0 spiro atoms. The molecule has 0 heterocycles. The Morgan fingerprint density at radius 3 is 2.57 bits per heavy atom. The Bertz CT molecular complexity index is 585. The molecule has 0 aromatic heterocycles. The number of nitrogens with one attached hydrogen (secondary N) is 2. The third-order valence-electron chi connectivity index (χ3n) is 2.91. The molecule has 21 heavy (non-hydrogen) atoms. The van der Waals surface area contributed by atoms with Crippen molar-refractivity contribution < 1.29 is 9.59 Å². The van der Waals surface area contributed by atoms with Gasteiger partial charge in [-0.2, -0.15) is 0 Å². The maximum atomic E-state index is 11.8. The van der Waals surface area contributed by atoms with Crippen molar-refractivity contribution in [2.24, 2.45) is 5.41 Å². The van der Waals surface area contributed by atoms with Gasteiger partial charge in [-0.1, -0.05) is 24.0 Å². The summed E-state index contributed by atoms with van der Waals surface area (Å²) in [6.45, 7) is 3.74. The highest BCUT2D eigenvalue weighted by molar-refractivity contribution is 6.19. The van der Waals surface area contributed by atoms with Crippen molar-refractivity contribution in [2.75, 3.05) is 19.5 Å². The minimum absolute atomic E-state index is 0.147. The molecule has 1 rings (SSSR count). The molecule has 0 atom stereocenters. The lowest BCUT2D eigenvalue weighted by atomic mass is 9.95. The molecule has 0 saturated heterocycles. The van der Waals surface area contributed by atoms with Crippen LogP contribution >= 0.6 is 11.6 Å². The zero-order valence-corrected chi connectivity index (χ0v) is 13.2. The first kappa shape index (κ1) is 17.1. The smallest absolute Gasteiger partial charge is 0.252 e. The Labute approximate surface area is 130 Å². The number of carbonyl (C=O) groups excluding carboxylic acids is 2. The fraction of sp³-hybridized carbons (Fsp3) is 0.375. The minimum Gasteiger partial charge on any atom is -0.355 e. The van der Waals surface area contributed by atoms with E-state index in [1.54, 1.807) is 39.1 Å². The van der Waals surface area contributed by atoms with Crippen molar-refractivity contribution in [1.82, 2.24) is 10.6 Å². The molecule has 0 bridgehead atoms. The molecule has 0 unspecified atom stereocenters. The van der Waals surface area contributed by atoms with Gasteiger partial charge in [-0.05, 0) is 26.0 Å². The lowest BCUT2D eigenvalue weighted by Crippen LogP contribution is -2.38. The maximum Gasteiger partial charge on any atom is 0.252 e. The highest BCUT2D eigenvalue weighted by Crippen LogP contribution is 2.16. The predicted octanol–water partition coefficient (Wildman–Crippen LogP) is 1.78. The first-order chi connectivity index (χ1) is 9.92. The van der Waals surface area contributed by atoms with Crippen molar-refractivity contribution in [3.8, 4) is 11.8 Å². The molecule has 112 valence electrons. The van der Waals surface area contributed by atoms with E-state index >= 15 is 0 Å². The van der Waals surface area contributed by atoms with Crippen LogP contribution in [0.2, 0.25) is 0 Å². The van der Waals surface area contributed by atoms with Gasteiger partial charge in [0.1, 0.15) is 0 Å². The van der Waals surface area contributed by atoms with Crippen LogP contribution in [0, 0.1) is 17.3 Å². The predicted molar refractivity (Wildman–Crippen MR) is 84.2 cm³/mol. The molecular formula is C16H19ClN2O2. The van der Waals surface area contributed by atoms with E-state index in [2.05, 4.69) is 22.5 Å². The van der Waals surface area contributed by atoms with E-state index in [1.165, 1.54) is 0 Å². The molecular weight excluding hydrogens is 288 g/mol. The van der Waals surface area contributed by atoms with Gasteiger partial charge >= 0.3 is 0 Å². The van der Waals surface area contributed by atoms with E-state index in [1.807, 2.05) is 6.07 Å². The second-order valence-electron chi connectivity index (χ2n) is 5.13. The van der Waals surface area contributed by atoms with Crippen LogP contribution in [-0.2, 0) is 4.79 Å². The number of halogens is 1. The molecule has 4 nitrogen and oxygen atoms in total. The first-order valence-corrected chi connectivity index (χ1v) is 7.10. The fourth-order valence-electron chi connectivity index (χ4n) is 1.49. The molecule has 1 aromatic rings.